The maximum Gasteiger partial charge on any atom is 0.146 e. The van der Waals surface area contributed by atoms with Gasteiger partial charge in [0.25, 0.3) is 0 Å². The molecule has 0 saturated heterocycles. The summed E-state index contributed by atoms with van der Waals surface area (Å²) in [6.45, 7) is 2.53. The van der Waals surface area contributed by atoms with Gasteiger partial charge in [0.2, 0.25) is 0 Å². The summed E-state index contributed by atoms with van der Waals surface area (Å²) in [6, 6.07) is 13.5. The van der Waals surface area contributed by atoms with E-state index >= 15 is 0 Å². The van der Waals surface area contributed by atoms with E-state index in [1.165, 1.54) is 0 Å². The van der Waals surface area contributed by atoms with Gasteiger partial charge in [-0.25, -0.2) is 4.98 Å². The SMILES string of the molecule is Cc1ccc(C#N)c(N(C)Cc2ccccc2Cl)n1. The van der Waals surface area contributed by atoms with Crippen molar-refractivity contribution in [2.24, 2.45) is 0 Å². The normalized spacial score (nSPS) is 10.0. The molecule has 96 valence electrons. The molecule has 0 radical (unpaired) electrons. The molecular weight excluding hydrogens is 258 g/mol. The number of aryl methyl sites for hydroxylation is 1. The molecule has 4 heteroatoms. The van der Waals surface area contributed by atoms with E-state index in [1.807, 2.05) is 49.2 Å². The fourth-order valence-electron chi connectivity index (χ4n) is 1.88. The molecule has 2 rings (SSSR count). The first-order chi connectivity index (χ1) is 9.11. The smallest absolute Gasteiger partial charge is 0.146 e. The van der Waals surface area contributed by atoms with Gasteiger partial charge in [0.15, 0.2) is 0 Å². The number of anilines is 1. The van der Waals surface area contributed by atoms with Crippen molar-refractivity contribution in [2.75, 3.05) is 11.9 Å². The quantitative estimate of drug-likeness (QED) is 0.857. The highest BCUT2D eigenvalue weighted by atomic mass is 35.5. The van der Waals surface area contributed by atoms with Crippen LogP contribution in [0.1, 0.15) is 16.8 Å². The van der Waals surface area contributed by atoms with Crippen LogP contribution in [0, 0.1) is 18.3 Å². The molecule has 0 fully saturated rings. The fraction of sp³-hybridized carbons (Fsp3) is 0.200. The van der Waals surface area contributed by atoms with Crippen LogP contribution >= 0.6 is 11.6 Å². The van der Waals surface area contributed by atoms with E-state index < -0.39 is 0 Å². The first kappa shape index (κ1) is 13.4. The fourth-order valence-corrected chi connectivity index (χ4v) is 2.07. The molecule has 0 aliphatic carbocycles. The Morgan fingerprint density at radius 2 is 2.00 bits per heavy atom. The lowest BCUT2D eigenvalue weighted by Gasteiger charge is -2.20. The Morgan fingerprint density at radius 1 is 1.26 bits per heavy atom. The third kappa shape index (κ3) is 3.04. The van der Waals surface area contributed by atoms with E-state index in [0.717, 1.165) is 16.3 Å². The van der Waals surface area contributed by atoms with E-state index in [4.69, 9.17) is 16.9 Å². The van der Waals surface area contributed by atoms with Crippen molar-refractivity contribution in [1.29, 1.82) is 5.26 Å². The summed E-state index contributed by atoms with van der Waals surface area (Å²) in [4.78, 5) is 6.37. The van der Waals surface area contributed by atoms with Crippen molar-refractivity contribution in [3.63, 3.8) is 0 Å². The number of pyridine rings is 1. The number of hydrogen-bond donors (Lipinski definition) is 0. The Hall–Kier alpha value is -2.05. The number of nitrogens with zero attached hydrogens (tertiary/aromatic N) is 3. The van der Waals surface area contributed by atoms with Gasteiger partial charge in [0.1, 0.15) is 11.9 Å². The van der Waals surface area contributed by atoms with Gasteiger partial charge in [-0.15, -0.1) is 0 Å². The molecule has 0 amide bonds. The van der Waals surface area contributed by atoms with Crippen LogP contribution in [-0.2, 0) is 6.54 Å². The highest BCUT2D eigenvalue weighted by molar-refractivity contribution is 6.31. The van der Waals surface area contributed by atoms with E-state index in [-0.39, 0.29) is 0 Å². The molecule has 3 nitrogen and oxygen atoms in total. The molecule has 0 spiro atoms. The second kappa shape index (κ2) is 5.73. The van der Waals surface area contributed by atoms with Crippen molar-refractivity contribution >= 4 is 17.4 Å². The third-order valence-corrected chi connectivity index (χ3v) is 3.23. The van der Waals surface area contributed by atoms with E-state index in [0.29, 0.717) is 17.9 Å². The first-order valence-corrected chi connectivity index (χ1v) is 6.32. The Bertz CT molecular complexity index is 632. The van der Waals surface area contributed by atoms with E-state index in [9.17, 15) is 0 Å². The molecule has 0 aliphatic heterocycles. The molecule has 1 aromatic heterocycles. The van der Waals surface area contributed by atoms with Crippen molar-refractivity contribution < 1.29 is 0 Å². The van der Waals surface area contributed by atoms with Crippen LogP contribution in [0.2, 0.25) is 5.02 Å². The van der Waals surface area contributed by atoms with Gasteiger partial charge in [-0.05, 0) is 30.7 Å². The molecule has 0 saturated carbocycles. The van der Waals surface area contributed by atoms with E-state index in [2.05, 4.69) is 11.1 Å². The monoisotopic (exact) mass is 271 g/mol. The third-order valence-electron chi connectivity index (χ3n) is 2.86. The second-order valence-electron chi connectivity index (χ2n) is 4.38. The highest BCUT2D eigenvalue weighted by Gasteiger charge is 2.11. The lowest BCUT2D eigenvalue weighted by atomic mass is 10.2. The standard InChI is InChI=1S/C15H14ClN3/c1-11-7-8-12(9-17)15(18-11)19(2)10-13-5-3-4-6-14(13)16/h3-8H,10H2,1-2H3. The van der Waals surface area contributed by atoms with Gasteiger partial charge >= 0.3 is 0 Å². The predicted octanol–water partition coefficient (Wildman–Crippen LogP) is 3.55. The van der Waals surface area contributed by atoms with Crippen LogP contribution in [0.15, 0.2) is 36.4 Å². The summed E-state index contributed by atoms with van der Waals surface area (Å²) in [6.07, 6.45) is 0. The van der Waals surface area contributed by atoms with Gasteiger partial charge in [-0.3, -0.25) is 0 Å². The average molecular weight is 272 g/mol. The molecule has 0 unspecified atom stereocenters. The van der Waals surface area contributed by atoms with Crippen LogP contribution in [0.3, 0.4) is 0 Å². The van der Waals surface area contributed by atoms with Crippen molar-refractivity contribution in [3.05, 3.63) is 58.2 Å². The zero-order chi connectivity index (χ0) is 13.8. The van der Waals surface area contributed by atoms with Crippen molar-refractivity contribution in [1.82, 2.24) is 4.98 Å². The Labute approximate surface area is 118 Å². The number of nitriles is 1. The zero-order valence-electron chi connectivity index (χ0n) is 10.9. The minimum absolute atomic E-state index is 0.570. The first-order valence-electron chi connectivity index (χ1n) is 5.94. The van der Waals surface area contributed by atoms with Gasteiger partial charge in [0, 0.05) is 24.3 Å². The summed E-state index contributed by atoms with van der Waals surface area (Å²) >= 11 is 6.15. The van der Waals surface area contributed by atoms with Gasteiger partial charge in [-0.1, -0.05) is 29.8 Å². The summed E-state index contributed by atoms with van der Waals surface area (Å²) in [5.41, 5.74) is 2.47. The number of rotatable bonds is 3. The second-order valence-corrected chi connectivity index (χ2v) is 4.79. The van der Waals surface area contributed by atoms with Crippen molar-refractivity contribution in [2.45, 2.75) is 13.5 Å². The lowest BCUT2D eigenvalue weighted by molar-refractivity contribution is 0.889. The number of benzene rings is 1. The predicted molar refractivity (Wildman–Crippen MR) is 77.2 cm³/mol. The Kier molecular flexibility index (Phi) is 4.03. The largest absolute Gasteiger partial charge is 0.354 e. The minimum atomic E-state index is 0.570. The molecule has 1 heterocycles. The number of hydrogen-bond acceptors (Lipinski definition) is 3. The number of aromatic nitrogens is 1. The number of halogens is 1. The summed E-state index contributed by atoms with van der Waals surface area (Å²) < 4.78 is 0. The molecule has 0 atom stereocenters. The van der Waals surface area contributed by atoms with Gasteiger partial charge < -0.3 is 4.90 Å². The lowest BCUT2D eigenvalue weighted by Crippen LogP contribution is -2.19. The van der Waals surface area contributed by atoms with E-state index in [1.54, 1.807) is 6.07 Å². The average Bonchev–Trinajstić information content (AvgIpc) is 2.41. The molecule has 0 N–H and O–H groups in total. The van der Waals surface area contributed by atoms with Crippen LogP contribution in [0.5, 0.6) is 0 Å². The van der Waals surface area contributed by atoms with Crippen LogP contribution in [0.25, 0.3) is 0 Å². The van der Waals surface area contributed by atoms with Gasteiger partial charge in [0.05, 0.1) is 5.56 Å². The molecule has 0 aliphatic rings. The van der Waals surface area contributed by atoms with Crippen LogP contribution < -0.4 is 4.90 Å². The summed E-state index contributed by atoms with van der Waals surface area (Å²) in [7, 11) is 1.91. The zero-order valence-corrected chi connectivity index (χ0v) is 11.6. The highest BCUT2D eigenvalue weighted by Crippen LogP contribution is 2.22. The van der Waals surface area contributed by atoms with Gasteiger partial charge in [-0.2, -0.15) is 5.26 Å². The maximum atomic E-state index is 9.14. The molecule has 0 bridgehead atoms. The molecule has 2 aromatic rings. The van der Waals surface area contributed by atoms with Crippen LogP contribution in [0.4, 0.5) is 5.82 Å². The minimum Gasteiger partial charge on any atom is -0.354 e. The summed E-state index contributed by atoms with van der Waals surface area (Å²) in [5, 5.41) is 9.86. The summed E-state index contributed by atoms with van der Waals surface area (Å²) in [5.74, 6) is 0.683. The molecular formula is C15H14ClN3. The molecule has 19 heavy (non-hydrogen) atoms. The Morgan fingerprint density at radius 3 is 2.68 bits per heavy atom. The van der Waals surface area contributed by atoms with Crippen LogP contribution in [-0.4, -0.2) is 12.0 Å². The van der Waals surface area contributed by atoms with Crippen molar-refractivity contribution in [3.8, 4) is 6.07 Å². The topological polar surface area (TPSA) is 39.9 Å². The Balaban J connectivity index is 2.30. The molecule has 1 aromatic carbocycles. The maximum absolute atomic E-state index is 9.14.